The fraction of sp³-hybridized carbons (Fsp3) is 0.364. The van der Waals surface area contributed by atoms with Crippen molar-refractivity contribution in [1.82, 2.24) is 10.0 Å². The van der Waals surface area contributed by atoms with Crippen LogP contribution in [-0.4, -0.2) is 69.7 Å². The first kappa shape index (κ1) is 24.5. The van der Waals surface area contributed by atoms with Gasteiger partial charge in [-0.3, -0.25) is 9.80 Å². The summed E-state index contributed by atoms with van der Waals surface area (Å²) in [5.41, 5.74) is 0.849. The number of rotatable bonds is 7. The largest absolute Gasteiger partial charge is 0.496 e. The third-order valence-corrected chi connectivity index (χ3v) is 5.74. The number of halogens is 1. The third-order valence-electron chi connectivity index (χ3n) is 5.13. The van der Waals surface area contributed by atoms with Crippen molar-refractivity contribution in [3.63, 3.8) is 0 Å². The highest BCUT2D eigenvalue weighted by molar-refractivity contribution is 7.80. The SMILES string of the molecule is COc1cc(NC(=S)N2CCCN2C(=O)c2c(OC)ccc(Cl)c2OC)cc(OC)c1OC. The van der Waals surface area contributed by atoms with E-state index in [-0.39, 0.29) is 17.2 Å². The molecule has 1 saturated heterocycles. The van der Waals surface area contributed by atoms with Gasteiger partial charge in [0.05, 0.1) is 40.6 Å². The molecule has 0 aromatic heterocycles. The normalized spacial score (nSPS) is 12.9. The number of amides is 1. The first-order valence-corrected chi connectivity index (χ1v) is 10.8. The predicted octanol–water partition coefficient (Wildman–Crippen LogP) is 3.84. The van der Waals surface area contributed by atoms with Crippen molar-refractivity contribution in [3.8, 4) is 28.7 Å². The number of methoxy groups -OCH3 is 5. The van der Waals surface area contributed by atoms with Crippen LogP contribution < -0.4 is 29.0 Å². The van der Waals surface area contributed by atoms with Crippen LogP contribution in [0, 0.1) is 0 Å². The van der Waals surface area contributed by atoms with Gasteiger partial charge in [-0.15, -0.1) is 0 Å². The molecule has 2 aromatic rings. The summed E-state index contributed by atoms with van der Waals surface area (Å²) >= 11 is 11.9. The Kier molecular flexibility index (Phi) is 7.93. The first-order valence-electron chi connectivity index (χ1n) is 10.0. The Morgan fingerprint density at radius 3 is 2.00 bits per heavy atom. The van der Waals surface area contributed by atoms with Crippen LogP contribution >= 0.6 is 23.8 Å². The number of thiocarbonyl (C=S) groups is 1. The zero-order chi connectivity index (χ0) is 24.1. The maximum absolute atomic E-state index is 13.5. The summed E-state index contributed by atoms with van der Waals surface area (Å²) in [6, 6.07) is 6.72. The molecule has 0 saturated carbocycles. The van der Waals surface area contributed by atoms with Gasteiger partial charge < -0.3 is 29.0 Å². The Bertz CT molecular complexity index is 1030. The molecule has 9 nitrogen and oxygen atoms in total. The Labute approximate surface area is 203 Å². The minimum atomic E-state index is -0.335. The van der Waals surface area contributed by atoms with Crippen LogP contribution in [0.1, 0.15) is 16.8 Å². The van der Waals surface area contributed by atoms with Gasteiger partial charge in [-0.2, -0.15) is 0 Å². The van der Waals surface area contributed by atoms with Crippen molar-refractivity contribution >= 4 is 40.5 Å². The van der Waals surface area contributed by atoms with Gasteiger partial charge in [-0.1, -0.05) is 11.6 Å². The summed E-state index contributed by atoms with van der Waals surface area (Å²) in [7, 11) is 7.54. The molecular weight excluding hydrogens is 470 g/mol. The molecule has 33 heavy (non-hydrogen) atoms. The lowest BCUT2D eigenvalue weighted by Crippen LogP contribution is -2.46. The third kappa shape index (κ3) is 4.81. The second-order valence-electron chi connectivity index (χ2n) is 6.91. The van der Waals surface area contributed by atoms with E-state index in [0.29, 0.717) is 51.9 Å². The molecule has 0 radical (unpaired) electrons. The number of ether oxygens (including phenoxy) is 5. The molecule has 2 aromatic carbocycles. The smallest absolute Gasteiger partial charge is 0.280 e. The van der Waals surface area contributed by atoms with E-state index < -0.39 is 0 Å². The zero-order valence-electron chi connectivity index (χ0n) is 19.1. The average Bonchev–Trinajstić information content (AvgIpc) is 3.32. The van der Waals surface area contributed by atoms with Gasteiger partial charge in [-0.05, 0) is 30.8 Å². The van der Waals surface area contributed by atoms with E-state index in [2.05, 4.69) is 5.32 Å². The van der Waals surface area contributed by atoms with Crippen molar-refractivity contribution in [3.05, 3.63) is 34.9 Å². The molecule has 178 valence electrons. The van der Waals surface area contributed by atoms with Gasteiger partial charge in [0, 0.05) is 30.9 Å². The van der Waals surface area contributed by atoms with Crippen LogP contribution in [0.15, 0.2) is 24.3 Å². The highest BCUT2D eigenvalue weighted by Crippen LogP contribution is 2.40. The fourth-order valence-corrected chi connectivity index (χ4v) is 4.16. The zero-order valence-corrected chi connectivity index (χ0v) is 20.6. The average molecular weight is 496 g/mol. The Morgan fingerprint density at radius 2 is 1.45 bits per heavy atom. The second-order valence-corrected chi connectivity index (χ2v) is 7.70. The molecule has 3 rings (SSSR count). The van der Waals surface area contributed by atoms with Gasteiger partial charge >= 0.3 is 0 Å². The quantitative estimate of drug-likeness (QED) is 0.576. The predicted molar refractivity (Wildman–Crippen MR) is 129 cm³/mol. The summed E-state index contributed by atoms with van der Waals surface area (Å²) in [5.74, 6) is 1.69. The van der Waals surface area contributed by atoms with Gasteiger partial charge in [0.1, 0.15) is 11.3 Å². The fourth-order valence-electron chi connectivity index (χ4n) is 3.62. The van der Waals surface area contributed by atoms with Crippen LogP contribution in [0.2, 0.25) is 5.02 Å². The van der Waals surface area contributed by atoms with E-state index in [1.165, 1.54) is 35.5 Å². The van der Waals surface area contributed by atoms with Gasteiger partial charge in [0.15, 0.2) is 22.4 Å². The lowest BCUT2D eigenvalue weighted by molar-refractivity contribution is 0.0495. The highest BCUT2D eigenvalue weighted by Gasteiger charge is 2.34. The van der Waals surface area contributed by atoms with E-state index in [1.807, 2.05) is 0 Å². The Hall–Kier alpha value is -3.11. The monoisotopic (exact) mass is 495 g/mol. The second kappa shape index (κ2) is 10.7. The molecule has 0 unspecified atom stereocenters. The van der Waals surface area contributed by atoms with E-state index >= 15 is 0 Å². The number of carbonyl (C=O) groups excluding carboxylic acids is 1. The standard InChI is InChI=1S/C22H26ClN3O6S/c1-28-15-8-7-14(23)19(31-4)18(15)21(27)25-9-6-10-26(25)22(33)24-13-11-16(29-2)20(32-5)17(12-13)30-3/h7-8,11-12H,6,9-10H2,1-5H3,(H,24,33). The summed E-state index contributed by atoms with van der Waals surface area (Å²) in [4.78, 5) is 13.5. The van der Waals surface area contributed by atoms with Crippen LogP contribution in [0.4, 0.5) is 5.69 Å². The summed E-state index contributed by atoms with van der Waals surface area (Å²) in [6.07, 6.45) is 0.730. The Balaban J connectivity index is 1.89. The van der Waals surface area contributed by atoms with Crippen LogP contribution in [-0.2, 0) is 0 Å². The molecule has 1 aliphatic heterocycles. The molecule has 0 spiro atoms. The summed E-state index contributed by atoms with van der Waals surface area (Å²) in [5, 5.41) is 7.03. The Morgan fingerprint density at radius 1 is 0.879 bits per heavy atom. The van der Waals surface area contributed by atoms with Crippen molar-refractivity contribution in [1.29, 1.82) is 0 Å². The van der Waals surface area contributed by atoms with Gasteiger partial charge in [0.25, 0.3) is 5.91 Å². The molecule has 11 heteroatoms. The first-order chi connectivity index (χ1) is 15.9. The molecule has 1 N–H and O–H groups in total. The molecule has 1 aliphatic rings. The van der Waals surface area contributed by atoms with Crippen molar-refractivity contribution in [2.24, 2.45) is 0 Å². The maximum Gasteiger partial charge on any atom is 0.280 e. The van der Waals surface area contributed by atoms with E-state index in [9.17, 15) is 4.79 Å². The van der Waals surface area contributed by atoms with Crippen molar-refractivity contribution in [2.45, 2.75) is 6.42 Å². The molecule has 0 atom stereocenters. The summed E-state index contributed by atoms with van der Waals surface area (Å²) < 4.78 is 27.0. The number of hydrogen-bond acceptors (Lipinski definition) is 7. The van der Waals surface area contributed by atoms with Crippen LogP contribution in [0.5, 0.6) is 28.7 Å². The number of nitrogens with one attached hydrogen (secondary N) is 1. The summed E-state index contributed by atoms with van der Waals surface area (Å²) in [6.45, 7) is 1.02. The van der Waals surface area contributed by atoms with E-state index in [4.69, 9.17) is 47.5 Å². The number of benzene rings is 2. The number of carbonyl (C=O) groups is 1. The van der Waals surface area contributed by atoms with Crippen LogP contribution in [0.3, 0.4) is 0 Å². The topological polar surface area (TPSA) is 81.7 Å². The molecule has 0 aliphatic carbocycles. The lowest BCUT2D eigenvalue weighted by Gasteiger charge is -2.31. The number of anilines is 1. The van der Waals surface area contributed by atoms with E-state index in [1.54, 1.807) is 34.3 Å². The van der Waals surface area contributed by atoms with Gasteiger partial charge in [-0.25, -0.2) is 5.01 Å². The molecule has 0 bridgehead atoms. The molecule has 1 heterocycles. The molecule has 1 fully saturated rings. The van der Waals surface area contributed by atoms with Gasteiger partial charge in [0.2, 0.25) is 5.75 Å². The molecule has 1 amide bonds. The van der Waals surface area contributed by atoms with Crippen molar-refractivity contribution in [2.75, 3.05) is 54.0 Å². The highest BCUT2D eigenvalue weighted by atomic mass is 35.5. The lowest BCUT2D eigenvalue weighted by atomic mass is 10.1. The minimum Gasteiger partial charge on any atom is -0.496 e. The van der Waals surface area contributed by atoms with Crippen molar-refractivity contribution < 1.29 is 28.5 Å². The van der Waals surface area contributed by atoms with Crippen LogP contribution in [0.25, 0.3) is 0 Å². The minimum absolute atomic E-state index is 0.231. The number of nitrogens with zero attached hydrogens (tertiary/aromatic N) is 2. The van der Waals surface area contributed by atoms with E-state index in [0.717, 1.165) is 6.42 Å². The molecular formula is C22H26ClN3O6S. The maximum atomic E-state index is 13.5. The number of hydrazine groups is 1. The number of hydrogen-bond donors (Lipinski definition) is 1.